The van der Waals surface area contributed by atoms with Crippen molar-refractivity contribution in [2.24, 2.45) is 0 Å². The van der Waals surface area contributed by atoms with Gasteiger partial charge in [-0.3, -0.25) is 4.79 Å². The van der Waals surface area contributed by atoms with Crippen molar-refractivity contribution in [3.05, 3.63) is 35.9 Å². The molecule has 1 aromatic carbocycles. The molecule has 0 aromatic heterocycles. The van der Waals surface area contributed by atoms with E-state index >= 15 is 0 Å². The second kappa shape index (κ2) is 5.32. The van der Waals surface area contributed by atoms with Gasteiger partial charge in [0.25, 0.3) is 0 Å². The Kier molecular flexibility index (Phi) is 3.79. The molecule has 1 amide bonds. The van der Waals surface area contributed by atoms with Crippen LogP contribution in [0.5, 0.6) is 0 Å². The SMILES string of the molecule is CNC1CC(c2ccccc2)CN(C(C)=O)C1. The third-order valence-corrected chi connectivity index (χ3v) is 3.58. The molecular weight excluding hydrogens is 212 g/mol. The van der Waals surface area contributed by atoms with Crippen LogP contribution in [0, 0.1) is 0 Å². The molecule has 2 rings (SSSR count). The van der Waals surface area contributed by atoms with Gasteiger partial charge in [0.1, 0.15) is 0 Å². The third kappa shape index (κ3) is 2.86. The Bertz CT molecular complexity index is 377. The van der Waals surface area contributed by atoms with Crippen LogP contribution >= 0.6 is 0 Å². The molecule has 1 heterocycles. The number of benzene rings is 1. The van der Waals surface area contributed by atoms with E-state index in [1.165, 1.54) is 5.56 Å². The number of likely N-dealkylation sites (tertiary alicyclic amines) is 1. The van der Waals surface area contributed by atoms with E-state index in [4.69, 9.17) is 0 Å². The number of piperidine rings is 1. The number of rotatable bonds is 2. The summed E-state index contributed by atoms with van der Waals surface area (Å²) in [5.74, 6) is 0.622. The summed E-state index contributed by atoms with van der Waals surface area (Å²) >= 11 is 0. The molecule has 2 unspecified atom stereocenters. The molecule has 1 aliphatic rings. The first-order valence-corrected chi connectivity index (χ1v) is 6.18. The van der Waals surface area contributed by atoms with Crippen LogP contribution < -0.4 is 5.32 Å². The standard InChI is InChI=1S/C14H20N2O/c1-11(17)16-9-13(8-14(10-16)15-2)12-6-4-3-5-7-12/h3-7,13-15H,8-10H2,1-2H3. The zero-order valence-electron chi connectivity index (χ0n) is 10.5. The van der Waals surface area contributed by atoms with E-state index in [1.807, 2.05) is 18.0 Å². The van der Waals surface area contributed by atoms with Crippen molar-refractivity contribution in [1.29, 1.82) is 0 Å². The fraction of sp³-hybridized carbons (Fsp3) is 0.500. The summed E-state index contributed by atoms with van der Waals surface area (Å²) in [6.45, 7) is 3.33. The van der Waals surface area contributed by atoms with E-state index in [2.05, 4.69) is 29.6 Å². The number of hydrogen-bond donors (Lipinski definition) is 1. The van der Waals surface area contributed by atoms with E-state index < -0.39 is 0 Å². The Morgan fingerprint density at radius 3 is 2.59 bits per heavy atom. The van der Waals surface area contributed by atoms with E-state index in [0.717, 1.165) is 19.5 Å². The lowest BCUT2D eigenvalue weighted by molar-refractivity contribution is -0.130. The van der Waals surface area contributed by atoms with Crippen molar-refractivity contribution in [2.45, 2.75) is 25.3 Å². The molecule has 2 atom stereocenters. The summed E-state index contributed by atoms with van der Waals surface area (Å²) in [6, 6.07) is 10.9. The molecule has 3 nitrogen and oxygen atoms in total. The Morgan fingerprint density at radius 2 is 2.00 bits per heavy atom. The van der Waals surface area contributed by atoms with Crippen LogP contribution in [0.3, 0.4) is 0 Å². The third-order valence-electron chi connectivity index (χ3n) is 3.58. The second-order valence-electron chi connectivity index (χ2n) is 4.75. The van der Waals surface area contributed by atoms with Gasteiger partial charge in [-0.25, -0.2) is 0 Å². The topological polar surface area (TPSA) is 32.3 Å². The summed E-state index contributed by atoms with van der Waals surface area (Å²) < 4.78 is 0. The predicted octanol–water partition coefficient (Wildman–Crippen LogP) is 1.61. The number of carbonyl (C=O) groups is 1. The van der Waals surface area contributed by atoms with Gasteiger partial charge >= 0.3 is 0 Å². The van der Waals surface area contributed by atoms with E-state index in [9.17, 15) is 4.79 Å². The Labute approximate surface area is 103 Å². The number of nitrogens with one attached hydrogen (secondary N) is 1. The van der Waals surface area contributed by atoms with Gasteiger partial charge < -0.3 is 10.2 Å². The lowest BCUT2D eigenvalue weighted by atomic mass is 9.88. The highest BCUT2D eigenvalue weighted by atomic mass is 16.2. The fourth-order valence-corrected chi connectivity index (χ4v) is 2.53. The lowest BCUT2D eigenvalue weighted by Crippen LogP contribution is -2.49. The van der Waals surface area contributed by atoms with Gasteiger partial charge in [-0.2, -0.15) is 0 Å². The zero-order chi connectivity index (χ0) is 12.3. The van der Waals surface area contributed by atoms with Gasteiger partial charge in [0.05, 0.1) is 0 Å². The van der Waals surface area contributed by atoms with Crippen LogP contribution in [0.2, 0.25) is 0 Å². The number of carbonyl (C=O) groups excluding carboxylic acids is 1. The summed E-state index contributed by atoms with van der Waals surface area (Å²) in [4.78, 5) is 13.5. The fourth-order valence-electron chi connectivity index (χ4n) is 2.53. The molecule has 1 saturated heterocycles. The van der Waals surface area contributed by atoms with Crippen LogP contribution in [0.15, 0.2) is 30.3 Å². The van der Waals surface area contributed by atoms with Crippen LogP contribution in [-0.2, 0) is 4.79 Å². The van der Waals surface area contributed by atoms with Crippen molar-refractivity contribution >= 4 is 5.91 Å². The van der Waals surface area contributed by atoms with Crippen LogP contribution in [0.1, 0.15) is 24.8 Å². The molecule has 1 aliphatic heterocycles. The first-order chi connectivity index (χ1) is 8.20. The predicted molar refractivity (Wildman–Crippen MR) is 68.9 cm³/mol. The average Bonchev–Trinajstić information content (AvgIpc) is 2.39. The van der Waals surface area contributed by atoms with Gasteiger partial charge in [-0.1, -0.05) is 30.3 Å². The van der Waals surface area contributed by atoms with E-state index in [-0.39, 0.29) is 5.91 Å². The molecule has 0 saturated carbocycles. The van der Waals surface area contributed by atoms with Crippen LogP contribution in [0.4, 0.5) is 0 Å². The van der Waals surface area contributed by atoms with Crippen LogP contribution in [-0.4, -0.2) is 37.0 Å². The van der Waals surface area contributed by atoms with E-state index in [0.29, 0.717) is 12.0 Å². The molecule has 0 bridgehead atoms. The summed E-state index contributed by atoms with van der Waals surface area (Å²) in [7, 11) is 1.97. The molecule has 1 N–H and O–H groups in total. The second-order valence-corrected chi connectivity index (χ2v) is 4.75. The van der Waals surface area contributed by atoms with Gasteiger partial charge in [-0.05, 0) is 19.0 Å². The maximum atomic E-state index is 11.5. The minimum absolute atomic E-state index is 0.172. The van der Waals surface area contributed by atoms with Gasteiger partial charge in [0.2, 0.25) is 5.91 Å². The highest BCUT2D eigenvalue weighted by Crippen LogP contribution is 2.26. The molecule has 1 fully saturated rings. The van der Waals surface area contributed by atoms with Crippen molar-refractivity contribution < 1.29 is 4.79 Å². The molecule has 0 radical (unpaired) electrons. The molecule has 17 heavy (non-hydrogen) atoms. The van der Waals surface area contributed by atoms with Gasteiger partial charge in [0, 0.05) is 32.0 Å². The number of amides is 1. The molecule has 0 spiro atoms. The van der Waals surface area contributed by atoms with Crippen molar-refractivity contribution in [3.63, 3.8) is 0 Å². The summed E-state index contributed by atoms with van der Waals surface area (Å²) in [5, 5.41) is 3.29. The summed E-state index contributed by atoms with van der Waals surface area (Å²) in [5.41, 5.74) is 1.33. The highest BCUT2D eigenvalue weighted by Gasteiger charge is 2.28. The monoisotopic (exact) mass is 232 g/mol. The van der Waals surface area contributed by atoms with Crippen molar-refractivity contribution in [2.75, 3.05) is 20.1 Å². The Morgan fingerprint density at radius 1 is 1.29 bits per heavy atom. The minimum atomic E-state index is 0.172. The maximum absolute atomic E-state index is 11.5. The average molecular weight is 232 g/mol. The first-order valence-electron chi connectivity index (χ1n) is 6.18. The molecule has 3 heteroatoms. The smallest absolute Gasteiger partial charge is 0.219 e. The molecule has 0 aliphatic carbocycles. The highest BCUT2D eigenvalue weighted by molar-refractivity contribution is 5.73. The van der Waals surface area contributed by atoms with E-state index in [1.54, 1.807) is 6.92 Å². The quantitative estimate of drug-likeness (QED) is 0.840. The molecule has 1 aromatic rings. The Balaban J connectivity index is 2.14. The number of hydrogen-bond acceptors (Lipinski definition) is 2. The van der Waals surface area contributed by atoms with Gasteiger partial charge in [-0.15, -0.1) is 0 Å². The molecular formula is C14H20N2O. The maximum Gasteiger partial charge on any atom is 0.219 e. The zero-order valence-corrected chi connectivity index (χ0v) is 10.5. The number of nitrogens with zero attached hydrogens (tertiary/aromatic N) is 1. The van der Waals surface area contributed by atoms with Crippen LogP contribution in [0.25, 0.3) is 0 Å². The lowest BCUT2D eigenvalue weighted by Gasteiger charge is -2.37. The summed E-state index contributed by atoms with van der Waals surface area (Å²) in [6.07, 6.45) is 1.10. The first kappa shape index (κ1) is 12.1. The number of likely N-dealkylation sites (N-methyl/N-ethyl adjacent to an activating group) is 1. The van der Waals surface area contributed by atoms with Crippen molar-refractivity contribution in [3.8, 4) is 0 Å². The minimum Gasteiger partial charge on any atom is -0.341 e. The largest absolute Gasteiger partial charge is 0.341 e. The van der Waals surface area contributed by atoms with Crippen molar-refractivity contribution in [1.82, 2.24) is 10.2 Å². The molecule has 92 valence electrons. The normalized spacial score (nSPS) is 24.7. The van der Waals surface area contributed by atoms with Gasteiger partial charge in [0.15, 0.2) is 0 Å². The Hall–Kier alpha value is -1.35.